The van der Waals surface area contributed by atoms with E-state index in [0.717, 1.165) is 83.1 Å². The Hall–Kier alpha value is -1.21. The van der Waals surface area contributed by atoms with Gasteiger partial charge in [-0.25, -0.2) is 0 Å². The Balaban J connectivity index is 1.24. The molecule has 29 heavy (non-hydrogen) atoms. The maximum Gasteiger partial charge on any atom is 0.213 e. The van der Waals surface area contributed by atoms with Gasteiger partial charge in [0.05, 0.1) is 5.60 Å². The number of halogens is 1. The molecule has 1 aromatic carbocycles. The topological polar surface area (TPSA) is 69.9 Å². The molecule has 0 spiro atoms. The quantitative estimate of drug-likeness (QED) is 0.593. The summed E-state index contributed by atoms with van der Waals surface area (Å²) in [4.78, 5) is 16.0. The summed E-state index contributed by atoms with van der Waals surface area (Å²) in [5.41, 5.74) is 0.235. The first-order valence-electron chi connectivity index (χ1n) is 11.0. The highest BCUT2D eigenvalue weighted by atomic mass is 35.5. The minimum Gasteiger partial charge on any atom is -0.385 e. The number of aliphatic hydroxyl groups is 1. The van der Waals surface area contributed by atoms with Crippen LogP contribution in [0.15, 0.2) is 24.3 Å². The minimum atomic E-state index is -0.739. The zero-order valence-electron chi connectivity index (χ0n) is 17.0. The zero-order valence-corrected chi connectivity index (χ0v) is 17.8. The van der Waals surface area contributed by atoms with Crippen molar-refractivity contribution in [3.05, 3.63) is 45.0 Å². The van der Waals surface area contributed by atoms with E-state index in [-0.39, 0.29) is 11.0 Å². The van der Waals surface area contributed by atoms with Crippen molar-refractivity contribution >= 4 is 11.6 Å². The Morgan fingerprint density at radius 2 is 1.41 bits per heavy atom. The average Bonchev–Trinajstić information content (AvgIpc) is 2.75. The SMILES string of the molecule is O=[N+]([O-])C1CCC(N2CCC(N3CCC(O)(c4ccc(Cl)cc4)CC3)CC2)CC1. The molecule has 160 valence electrons. The molecule has 2 aliphatic heterocycles. The Kier molecular flexibility index (Phi) is 6.44. The third-order valence-electron chi connectivity index (χ3n) is 7.50. The van der Waals surface area contributed by atoms with E-state index in [9.17, 15) is 15.2 Å². The van der Waals surface area contributed by atoms with Crippen molar-refractivity contribution in [3.8, 4) is 0 Å². The molecule has 0 unspecified atom stereocenters. The van der Waals surface area contributed by atoms with Crippen LogP contribution in [0, 0.1) is 10.1 Å². The predicted molar refractivity (Wildman–Crippen MR) is 114 cm³/mol. The summed E-state index contributed by atoms with van der Waals surface area (Å²) in [7, 11) is 0. The molecular weight excluding hydrogens is 390 g/mol. The molecule has 0 bridgehead atoms. The van der Waals surface area contributed by atoms with E-state index in [1.165, 1.54) is 0 Å². The monoisotopic (exact) mass is 421 g/mol. The van der Waals surface area contributed by atoms with Crippen LogP contribution in [-0.4, -0.2) is 64.1 Å². The second-order valence-electron chi connectivity index (χ2n) is 9.09. The molecule has 1 saturated carbocycles. The van der Waals surface area contributed by atoms with Gasteiger partial charge < -0.3 is 14.9 Å². The highest BCUT2D eigenvalue weighted by Crippen LogP contribution is 2.35. The van der Waals surface area contributed by atoms with Crippen molar-refractivity contribution in [1.82, 2.24) is 9.80 Å². The molecule has 2 saturated heterocycles. The summed E-state index contributed by atoms with van der Waals surface area (Å²) >= 11 is 5.99. The molecule has 0 amide bonds. The molecule has 1 aliphatic carbocycles. The number of hydrogen-bond donors (Lipinski definition) is 1. The van der Waals surface area contributed by atoms with Crippen molar-refractivity contribution in [2.24, 2.45) is 0 Å². The fourth-order valence-electron chi connectivity index (χ4n) is 5.56. The lowest BCUT2D eigenvalue weighted by Crippen LogP contribution is -2.52. The van der Waals surface area contributed by atoms with Gasteiger partial charge in [-0.15, -0.1) is 0 Å². The number of benzene rings is 1. The van der Waals surface area contributed by atoms with E-state index < -0.39 is 5.60 Å². The minimum absolute atomic E-state index is 0.0932. The van der Waals surface area contributed by atoms with Crippen LogP contribution >= 0.6 is 11.6 Å². The lowest BCUT2D eigenvalue weighted by Gasteiger charge is -2.46. The first kappa shape index (κ1) is 21.0. The molecule has 3 fully saturated rings. The van der Waals surface area contributed by atoms with Crippen LogP contribution in [0.2, 0.25) is 5.02 Å². The van der Waals surface area contributed by atoms with E-state index in [1.807, 2.05) is 24.3 Å². The van der Waals surface area contributed by atoms with Gasteiger partial charge in [-0.05, 0) is 69.3 Å². The Morgan fingerprint density at radius 1 is 0.897 bits per heavy atom. The number of likely N-dealkylation sites (tertiary alicyclic amines) is 2. The summed E-state index contributed by atoms with van der Waals surface area (Å²) < 4.78 is 0. The van der Waals surface area contributed by atoms with E-state index in [0.29, 0.717) is 17.1 Å². The average molecular weight is 422 g/mol. The molecule has 2 heterocycles. The van der Waals surface area contributed by atoms with E-state index in [2.05, 4.69) is 9.80 Å². The van der Waals surface area contributed by atoms with Gasteiger partial charge in [0.1, 0.15) is 0 Å². The summed E-state index contributed by atoms with van der Waals surface area (Å²) in [5, 5.41) is 22.8. The molecule has 4 rings (SSSR count). The molecule has 0 aromatic heterocycles. The van der Waals surface area contributed by atoms with Gasteiger partial charge in [0.2, 0.25) is 6.04 Å². The van der Waals surface area contributed by atoms with Crippen LogP contribution in [0.1, 0.15) is 56.9 Å². The first-order valence-corrected chi connectivity index (χ1v) is 11.4. The lowest BCUT2D eigenvalue weighted by atomic mass is 9.83. The van der Waals surface area contributed by atoms with Gasteiger partial charge in [0, 0.05) is 48.0 Å². The largest absolute Gasteiger partial charge is 0.385 e. The smallest absolute Gasteiger partial charge is 0.213 e. The number of piperidine rings is 2. The standard InChI is InChI=1S/C22H32ClN3O3/c23-18-3-1-17(2-4-18)22(27)11-15-25(16-12-22)20-9-13-24(14-10-20)19-5-7-21(8-6-19)26(28)29/h1-4,19-21,27H,5-16H2. The number of nitro groups is 1. The summed E-state index contributed by atoms with van der Waals surface area (Å²) in [6.07, 6.45) is 7.24. The fourth-order valence-corrected chi connectivity index (χ4v) is 5.68. The molecule has 1 N–H and O–H groups in total. The van der Waals surface area contributed by atoms with Crippen molar-refractivity contribution in [3.63, 3.8) is 0 Å². The van der Waals surface area contributed by atoms with Gasteiger partial charge in [-0.1, -0.05) is 23.7 Å². The molecule has 7 heteroatoms. The van der Waals surface area contributed by atoms with Crippen LogP contribution in [0.4, 0.5) is 0 Å². The lowest BCUT2D eigenvalue weighted by molar-refractivity contribution is -0.526. The van der Waals surface area contributed by atoms with Crippen LogP contribution in [0.5, 0.6) is 0 Å². The van der Waals surface area contributed by atoms with Crippen LogP contribution in [0.25, 0.3) is 0 Å². The van der Waals surface area contributed by atoms with Gasteiger partial charge >= 0.3 is 0 Å². The molecule has 0 atom stereocenters. The van der Waals surface area contributed by atoms with Crippen LogP contribution in [-0.2, 0) is 5.60 Å². The highest BCUT2D eigenvalue weighted by molar-refractivity contribution is 6.30. The summed E-state index contributed by atoms with van der Waals surface area (Å²) in [6.45, 7) is 4.04. The van der Waals surface area contributed by atoms with E-state index in [1.54, 1.807) is 0 Å². The molecule has 1 aromatic rings. The second-order valence-corrected chi connectivity index (χ2v) is 9.53. The van der Waals surface area contributed by atoms with E-state index in [4.69, 9.17) is 11.6 Å². The first-order chi connectivity index (χ1) is 13.9. The maximum absolute atomic E-state index is 11.1. The zero-order chi connectivity index (χ0) is 20.4. The maximum atomic E-state index is 11.1. The van der Waals surface area contributed by atoms with Crippen molar-refractivity contribution in [2.45, 2.75) is 75.1 Å². The Labute approximate surface area is 178 Å². The Morgan fingerprint density at radius 3 is 1.97 bits per heavy atom. The second kappa shape index (κ2) is 8.88. The van der Waals surface area contributed by atoms with Gasteiger partial charge in [-0.2, -0.15) is 0 Å². The third kappa shape index (κ3) is 4.76. The number of nitrogens with zero attached hydrogens (tertiary/aromatic N) is 3. The normalized spacial score (nSPS) is 29.6. The van der Waals surface area contributed by atoms with Crippen LogP contribution < -0.4 is 0 Å². The predicted octanol–water partition coefficient (Wildman–Crippen LogP) is 3.68. The van der Waals surface area contributed by atoms with Gasteiger partial charge in [0.25, 0.3) is 0 Å². The van der Waals surface area contributed by atoms with Crippen molar-refractivity contribution < 1.29 is 10.0 Å². The van der Waals surface area contributed by atoms with Gasteiger partial charge in [0.15, 0.2) is 0 Å². The third-order valence-corrected chi connectivity index (χ3v) is 7.75. The fraction of sp³-hybridized carbons (Fsp3) is 0.727. The van der Waals surface area contributed by atoms with Gasteiger partial charge in [-0.3, -0.25) is 10.1 Å². The molecule has 6 nitrogen and oxygen atoms in total. The van der Waals surface area contributed by atoms with Crippen molar-refractivity contribution in [2.75, 3.05) is 26.2 Å². The molecular formula is C22H32ClN3O3. The Bertz CT molecular complexity index is 690. The summed E-state index contributed by atoms with van der Waals surface area (Å²) in [6, 6.07) is 8.41. The van der Waals surface area contributed by atoms with Crippen molar-refractivity contribution in [1.29, 1.82) is 0 Å². The highest BCUT2D eigenvalue weighted by Gasteiger charge is 2.38. The molecule has 0 radical (unpaired) electrons. The number of hydrogen-bond acceptors (Lipinski definition) is 5. The number of rotatable bonds is 4. The molecule has 3 aliphatic rings. The van der Waals surface area contributed by atoms with E-state index >= 15 is 0 Å². The summed E-state index contributed by atoms with van der Waals surface area (Å²) in [5.74, 6) is 0. The van der Waals surface area contributed by atoms with Crippen LogP contribution in [0.3, 0.4) is 0 Å².